The number of rotatable bonds is 2. The molecule has 101 valence electrons. The van der Waals surface area contributed by atoms with Crippen molar-refractivity contribution in [3.8, 4) is 0 Å². The van der Waals surface area contributed by atoms with Crippen molar-refractivity contribution < 1.29 is 42.3 Å². The van der Waals surface area contributed by atoms with Gasteiger partial charge in [-0.3, -0.25) is 4.79 Å². The van der Waals surface area contributed by atoms with Crippen molar-refractivity contribution in [2.45, 2.75) is 6.92 Å². The second kappa shape index (κ2) is 10.6. The molecule has 0 spiro atoms. The molecule has 0 N–H and O–H groups in total. The van der Waals surface area contributed by atoms with E-state index in [9.17, 15) is 9.59 Å². The Hall–Kier alpha value is -0.156. The standard InChI is InChI=1S/C8H7BrO.C7H4BrO.Y/c1-6-3-2-4-7(5-10)8(6)9;8-7-4-2-1-3-6(7)5-9;/h2-5H,1H3;1-3,5H;/q;-1;. The summed E-state index contributed by atoms with van der Waals surface area (Å²) in [5.41, 5.74) is 2.43. The first-order valence-corrected chi connectivity index (χ1v) is 7.00. The molecule has 2 aromatic carbocycles. The molecule has 0 aliphatic carbocycles. The van der Waals surface area contributed by atoms with Crippen LogP contribution in [0.25, 0.3) is 0 Å². The van der Waals surface area contributed by atoms with Gasteiger partial charge in [0.25, 0.3) is 0 Å². The van der Waals surface area contributed by atoms with Gasteiger partial charge in [-0.2, -0.15) is 24.3 Å². The van der Waals surface area contributed by atoms with Crippen molar-refractivity contribution in [2.75, 3.05) is 0 Å². The van der Waals surface area contributed by atoms with E-state index in [1.165, 1.54) is 0 Å². The average molecular weight is 472 g/mol. The molecule has 5 heteroatoms. The zero-order chi connectivity index (χ0) is 14.3. The van der Waals surface area contributed by atoms with Gasteiger partial charge in [0, 0.05) is 42.7 Å². The van der Waals surface area contributed by atoms with Gasteiger partial charge in [0.1, 0.15) is 0 Å². The van der Waals surface area contributed by atoms with E-state index in [1.54, 1.807) is 24.3 Å². The summed E-state index contributed by atoms with van der Waals surface area (Å²) in [5, 5.41) is 0. The number of halogens is 2. The molecule has 0 bridgehead atoms. The summed E-state index contributed by atoms with van der Waals surface area (Å²) in [5.74, 6) is 0. The monoisotopic (exact) mass is 470 g/mol. The summed E-state index contributed by atoms with van der Waals surface area (Å²) >= 11 is 6.48. The van der Waals surface area contributed by atoms with Crippen LogP contribution in [0.4, 0.5) is 0 Å². The van der Waals surface area contributed by atoms with Gasteiger partial charge in [-0.05, 0) is 28.4 Å². The number of hydrogen-bond donors (Lipinski definition) is 0. The third-order valence-corrected chi connectivity index (χ3v) is 4.08. The van der Waals surface area contributed by atoms with E-state index in [0.717, 1.165) is 27.1 Å². The van der Waals surface area contributed by atoms with Gasteiger partial charge in [-0.15, -0.1) is 0 Å². The molecule has 0 atom stereocenters. The predicted octanol–water partition coefficient (Wildman–Crippen LogP) is 4.63. The van der Waals surface area contributed by atoms with Crippen molar-refractivity contribution in [3.63, 3.8) is 0 Å². The molecule has 2 aromatic rings. The van der Waals surface area contributed by atoms with Crippen LogP contribution in [0.15, 0.2) is 45.3 Å². The van der Waals surface area contributed by atoms with Gasteiger partial charge >= 0.3 is 0 Å². The maximum absolute atomic E-state index is 10.3. The van der Waals surface area contributed by atoms with Crippen LogP contribution in [0.2, 0.25) is 0 Å². The number of aryl methyl sites for hydroxylation is 1. The van der Waals surface area contributed by atoms with Crippen molar-refractivity contribution >= 4 is 44.4 Å². The minimum atomic E-state index is 0. The van der Waals surface area contributed by atoms with Gasteiger partial charge in [0.05, 0.1) is 6.29 Å². The molecule has 0 saturated carbocycles. The Bertz CT molecular complexity index is 586. The molecule has 0 aromatic heterocycles. The van der Waals surface area contributed by atoms with E-state index < -0.39 is 0 Å². The second-order valence-corrected chi connectivity index (χ2v) is 5.24. The molecule has 0 heterocycles. The van der Waals surface area contributed by atoms with Crippen LogP contribution in [-0.2, 0) is 32.7 Å². The molecular formula is C15H11Br2O2Y-. The van der Waals surface area contributed by atoms with Crippen LogP contribution in [0.1, 0.15) is 26.3 Å². The van der Waals surface area contributed by atoms with E-state index in [2.05, 4.69) is 37.9 Å². The SMILES string of the molecule is Cc1cccc(C=O)c1Br.O=Cc1ccc[c-]c1Br.[Y]. The molecule has 1 radical (unpaired) electrons. The third kappa shape index (κ3) is 6.09. The molecule has 0 unspecified atom stereocenters. The van der Waals surface area contributed by atoms with Crippen LogP contribution in [0.5, 0.6) is 0 Å². The van der Waals surface area contributed by atoms with Crippen LogP contribution in [0.3, 0.4) is 0 Å². The summed E-state index contributed by atoms with van der Waals surface area (Å²) in [6.45, 7) is 1.96. The molecule has 0 aliphatic heterocycles. The number of benzene rings is 2. The second-order valence-electron chi connectivity index (χ2n) is 3.65. The minimum absolute atomic E-state index is 0. The Morgan fingerprint density at radius 1 is 1.00 bits per heavy atom. The minimum Gasteiger partial charge on any atom is -0.312 e. The van der Waals surface area contributed by atoms with Crippen molar-refractivity contribution in [3.05, 3.63) is 68.1 Å². The van der Waals surface area contributed by atoms with Gasteiger partial charge in [0.2, 0.25) is 0 Å². The number of carbonyl (C=O) groups excluding carboxylic acids is 2. The molecule has 2 rings (SSSR count). The first kappa shape index (κ1) is 19.8. The van der Waals surface area contributed by atoms with Crippen LogP contribution in [-0.4, -0.2) is 12.6 Å². The average Bonchev–Trinajstić information content (AvgIpc) is 2.43. The first-order chi connectivity index (χ1) is 9.10. The quantitative estimate of drug-likeness (QED) is 0.473. The van der Waals surface area contributed by atoms with Crippen LogP contribution in [0, 0.1) is 13.0 Å². The molecule has 0 fully saturated rings. The molecular weight excluding hydrogens is 461 g/mol. The van der Waals surface area contributed by atoms with E-state index in [-0.39, 0.29) is 32.7 Å². The Labute approximate surface area is 160 Å². The Balaban J connectivity index is 0.000000345. The topological polar surface area (TPSA) is 34.1 Å². The Morgan fingerprint density at radius 3 is 2.05 bits per heavy atom. The molecule has 0 saturated heterocycles. The fourth-order valence-electron chi connectivity index (χ4n) is 1.28. The van der Waals surface area contributed by atoms with E-state index in [4.69, 9.17) is 0 Å². The summed E-state index contributed by atoms with van der Waals surface area (Å²) in [6, 6.07) is 13.7. The van der Waals surface area contributed by atoms with Crippen molar-refractivity contribution in [1.82, 2.24) is 0 Å². The van der Waals surface area contributed by atoms with Crippen molar-refractivity contribution in [1.29, 1.82) is 0 Å². The summed E-state index contributed by atoms with van der Waals surface area (Å²) < 4.78 is 1.62. The zero-order valence-electron chi connectivity index (χ0n) is 10.8. The van der Waals surface area contributed by atoms with E-state index in [1.807, 2.05) is 19.1 Å². The summed E-state index contributed by atoms with van der Waals surface area (Å²) in [7, 11) is 0. The molecule has 0 aliphatic rings. The number of aldehydes is 2. The smallest absolute Gasteiger partial charge is 0.151 e. The van der Waals surface area contributed by atoms with Gasteiger partial charge < -0.3 is 4.79 Å². The Morgan fingerprint density at radius 2 is 1.60 bits per heavy atom. The van der Waals surface area contributed by atoms with Crippen molar-refractivity contribution in [2.24, 2.45) is 0 Å². The van der Waals surface area contributed by atoms with E-state index in [0.29, 0.717) is 11.1 Å². The maximum Gasteiger partial charge on any atom is 0.151 e. The molecule has 0 amide bonds. The molecule has 2 nitrogen and oxygen atoms in total. The van der Waals surface area contributed by atoms with Gasteiger partial charge in [-0.25, -0.2) is 0 Å². The normalized spacial score (nSPS) is 8.75. The fourth-order valence-corrected chi connectivity index (χ4v) is 2.00. The third-order valence-electron chi connectivity index (χ3n) is 2.31. The number of carbonyl (C=O) groups is 2. The van der Waals surface area contributed by atoms with Crippen LogP contribution < -0.4 is 0 Å². The zero-order valence-corrected chi connectivity index (χ0v) is 16.8. The molecule has 20 heavy (non-hydrogen) atoms. The fraction of sp³-hybridized carbons (Fsp3) is 0.0667. The summed E-state index contributed by atoms with van der Waals surface area (Å²) in [4.78, 5) is 20.5. The first-order valence-electron chi connectivity index (χ1n) is 5.41. The van der Waals surface area contributed by atoms with Crippen LogP contribution >= 0.6 is 31.9 Å². The van der Waals surface area contributed by atoms with Gasteiger partial charge in [-0.1, -0.05) is 44.2 Å². The maximum atomic E-state index is 10.3. The largest absolute Gasteiger partial charge is 0.312 e. The van der Waals surface area contributed by atoms with E-state index >= 15 is 0 Å². The van der Waals surface area contributed by atoms with Gasteiger partial charge in [0.15, 0.2) is 6.29 Å². The predicted molar refractivity (Wildman–Crippen MR) is 82.6 cm³/mol. The number of hydrogen-bond acceptors (Lipinski definition) is 2. The Kier molecular flexibility index (Phi) is 10.5. The summed E-state index contributed by atoms with van der Waals surface area (Å²) in [6.07, 6.45) is 1.64.